The summed E-state index contributed by atoms with van der Waals surface area (Å²) in [7, 11) is -3.04. The van der Waals surface area contributed by atoms with Crippen LogP contribution in [-0.4, -0.2) is 41.5 Å². The quantitative estimate of drug-likeness (QED) is 0.277. The first-order chi connectivity index (χ1) is 13.4. The van der Waals surface area contributed by atoms with Crippen LogP contribution < -0.4 is 39.4 Å². The molecular weight excluding hydrogens is 439 g/mol. The summed E-state index contributed by atoms with van der Waals surface area (Å²) in [5.41, 5.74) is 4.13. The zero-order chi connectivity index (χ0) is 19.7. The van der Waals surface area contributed by atoms with E-state index in [0.717, 1.165) is 39.2 Å². The Morgan fingerprint density at radius 2 is 1.40 bits per heavy atom. The van der Waals surface area contributed by atoms with Crippen LogP contribution in [-0.2, 0) is 9.09 Å². The van der Waals surface area contributed by atoms with Crippen molar-refractivity contribution in [1.82, 2.24) is 0 Å². The zero-order valence-electron chi connectivity index (χ0n) is 17.0. The van der Waals surface area contributed by atoms with Crippen molar-refractivity contribution in [2.75, 3.05) is 11.9 Å². The van der Waals surface area contributed by atoms with Crippen molar-refractivity contribution in [3.63, 3.8) is 0 Å². The number of fused-ring (bicyclic) bond motifs is 2. The minimum atomic E-state index is -5.01. The van der Waals surface area contributed by atoms with Crippen molar-refractivity contribution < 1.29 is 48.4 Å². The Hall–Kier alpha value is -0.500. The Morgan fingerprint density at radius 1 is 0.933 bits per heavy atom. The molecule has 3 aromatic rings. The summed E-state index contributed by atoms with van der Waals surface area (Å²) in [6, 6.07) is 24.7. The maximum atomic E-state index is 11.7. The van der Waals surface area contributed by atoms with E-state index in [1.54, 1.807) is 0 Å². The number of benzene rings is 3. The molecule has 0 bridgehead atoms. The molecule has 3 aromatic carbocycles. The SMILES string of the molecule is CN1c2ccccc2C(=C(OP(=O)([O-])O)Sc2ccccc2)c2ccccc21.[Na+].[Na]. The number of phosphoric ester groups is 1. The van der Waals surface area contributed by atoms with Gasteiger partial charge in [-0.25, -0.2) is 0 Å². The normalized spacial score (nSPS) is 13.7. The topological polar surface area (TPSA) is 72.8 Å². The van der Waals surface area contributed by atoms with Crippen molar-refractivity contribution in [1.29, 1.82) is 0 Å². The molecule has 1 aliphatic rings. The van der Waals surface area contributed by atoms with Crippen molar-refractivity contribution in [3.8, 4) is 0 Å². The molecule has 1 unspecified atom stereocenters. The van der Waals surface area contributed by atoms with Gasteiger partial charge in [0.15, 0.2) is 5.09 Å². The number of rotatable bonds is 4. The molecule has 0 fully saturated rings. The molecular formula is C21H17NNa2O4PS. The number of hydrogen-bond donors (Lipinski definition) is 1. The molecule has 5 nitrogen and oxygen atoms in total. The molecule has 0 aromatic heterocycles. The maximum absolute atomic E-state index is 11.7. The van der Waals surface area contributed by atoms with Crippen LogP contribution >= 0.6 is 19.6 Å². The van der Waals surface area contributed by atoms with Gasteiger partial charge < -0.3 is 19.2 Å². The van der Waals surface area contributed by atoms with Crippen LogP contribution in [0.3, 0.4) is 0 Å². The van der Waals surface area contributed by atoms with E-state index in [0.29, 0.717) is 5.57 Å². The summed E-state index contributed by atoms with van der Waals surface area (Å²) in [6.07, 6.45) is 0. The van der Waals surface area contributed by atoms with Gasteiger partial charge >= 0.3 is 37.4 Å². The minimum Gasteiger partial charge on any atom is -0.746 e. The van der Waals surface area contributed by atoms with Gasteiger partial charge in [0.05, 0.1) is 0 Å². The maximum Gasteiger partial charge on any atom is 1.00 e. The Morgan fingerprint density at radius 3 is 1.90 bits per heavy atom. The average molecular weight is 456 g/mol. The van der Waals surface area contributed by atoms with Gasteiger partial charge in [-0.1, -0.05) is 66.4 Å². The molecule has 1 aliphatic heterocycles. The van der Waals surface area contributed by atoms with Gasteiger partial charge in [0, 0.05) is 69.6 Å². The monoisotopic (exact) mass is 456 g/mol. The molecule has 0 aliphatic carbocycles. The molecule has 1 heterocycles. The van der Waals surface area contributed by atoms with Gasteiger partial charge in [-0.3, -0.25) is 4.57 Å². The molecule has 0 saturated heterocycles. The van der Waals surface area contributed by atoms with Gasteiger partial charge in [-0.15, -0.1) is 0 Å². The third-order valence-electron chi connectivity index (χ3n) is 4.43. The predicted octanol–water partition coefficient (Wildman–Crippen LogP) is 1.38. The molecule has 143 valence electrons. The first-order valence-corrected chi connectivity index (χ1v) is 10.9. The summed E-state index contributed by atoms with van der Waals surface area (Å²) >= 11 is 1.16. The molecule has 0 saturated carbocycles. The predicted molar refractivity (Wildman–Crippen MR) is 116 cm³/mol. The fourth-order valence-electron chi connectivity index (χ4n) is 3.27. The molecule has 0 amide bonds. The fourth-order valence-corrected chi connectivity index (χ4v) is 4.83. The number of anilines is 2. The molecule has 4 rings (SSSR count). The van der Waals surface area contributed by atoms with Crippen LogP contribution in [0.1, 0.15) is 11.1 Å². The van der Waals surface area contributed by atoms with Gasteiger partial charge in [-0.05, 0) is 24.3 Å². The molecule has 0 spiro atoms. The van der Waals surface area contributed by atoms with E-state index >= 15 is 0 Å². The van der Waals surface area contributed by atoms with Crippen LogP contribution in [0.15, 0.2) is 88.8 Å². The van der Waals surface area contributed by atoms with Gasteiger partial charge in [0.1, 0.15) is 0 Å². The van der Waals surface area contributed by atoms with E-state index in [9.17, 15) is 14.4 Å². The van der Waals surface area contributed by atoms with Gasteiger partial charge in [0.25, 0.3) is 0 Å². The largest absolute Gasteiger partial charge is 1.00 e. The second-order valence-corrected chi connectivity index (χ2v) is 8.40. The summed E-state index contributed by atoms with van der Waals surface area (Å²) < 4.78 is 16.8. The van der Waals surface area contributed by atoms with Crippen LogP contribution in [0.25, 0.3) is 5.57 Å². The van der Waals surface area contributed by atoms with Crippen LogP contribution in [0.5, 0.6) is 0 Å². The number of phosphoric acid groups is 1. The van der Waals surface area contributed by atoms with Crippen LogP contribution in [0.2, 0.25) is 0 Å². The Labute approximate surface area is 224 Å². The summed E-state index contributed by atoms with van der Waals surface area (Å²) in [5.74, 6) is 0. The van der Waals surface area contributed by atoms with Gasteiger partial charge in [-0.2, -0.15) is 0 Å². The first-order valence-electron chi connectivity index (χ1n) is 8.57. The summed E-state index contributed by atoms with van der Waals surface area (Å²) in [5, 5.41) is 0.111. The van der Waals surface area contributed by atoms with Crippen molar-refractivity contribution in [2.24, 2.45) is 0 Å². The fraction of sp³-hybridized carbons (Fsp3) is 0.0476. The van der Waals surface area contributed by atoms with Crippen LogP contribution in [0.4, 0.5) is 11.4 Å². The van der Waals surface area contributed by atoms with Crippen LogP contribution in [0, 0.1) is 0 Å². The van der Waals surface area contributed by atoms with E-state index in [2.05, 4.69) is 4.90 Å². The number of hydrogen-bond acceptors (Lipinski definition) is 5. The average Bonchev–Trinajstić information content (AvgIpc) is 2.68. The number of thioether (sulfide) groups is 1. The van der Waals surface area contributed by atoms with Gasteiger partial charge in [0.2, 0.25) is 0 Å². The summed E-state index contributed by atoms with van der Waals surface area (Å²) in [4.78, 5) is 24.0. The minimum absolute atomic E-state index is 0. The van der Waals surface area contributed by atoms with Crippen molar-refractivity contribution in [3.05, 3.63) is 95.1 Å². The van der Waals surface area contributed by atoms with E-state index in [1.807, 2.05) is 85.9 Å². The number of nitrogens with zero attached hydrogens (tertiary/aromatic N) is 1. The molecule has 9 heteroatoms. The van der Waals surface area contributed by atoms with E-state index in [4.69, 9.17) is 4.52 Å². The molecule has 1 radical (unpaired) electrons. The van der Waals surface area contributed by atoms with Crippen molar-refractivity contribution in [2.45, 2.75) is 4.90 Å². The third kappa shape index (κ3) is 5.64. The van der Waals surface area contributed by atoms with E-state index in [-0.39, 0.29) is 64.2 Å². The second kappa shape index (κ2) is 10.9. The smallest absolute Gasteiger partial charge is 0.746 e. The Bertz CT molecular complexity index is 1060. The molecule has 1 N–H and O–H groups in total. The second-order valence-electron chi connectivity index (χ2n) is 6.23. The van der Waals surface area contributed by atoms with E-state index in [1.165, 1.54) is 0 Å². The van der Waals surface area contributed by atoms with Crippen molar-refractivity contribution >= 4 is 66.1 Å². The molecule has 1 atom stereocenters. The zero-order valence-corrected chi connectivity index (χ0v) is 22.7. The number of para-hydroxylation sites is 2. The Kier molecular flexibility index (Phi) is 9.35. The Balaban J connectivity index is 0.00000160. The first kappa shape index (κ1) is 25.8. The third-order valence-corrected chi connectivity index (χ3v) is 5.94. The molecule has 30 heavy (non-hydrogen) atoms. The summed E-state index contributed by atoms with van der Waals surface area (Å²) in [6.45, 7) is 0. The van der Waals surface area contributed by atoms with E-state index < -0.39 is 7.82 Å². The standard InChI is InChI=1S/C21H18NO4PS.2Na/c1-22-18-13-7-5-11-16(18)20(17-12-6-8-14-19(17)22)21(26-27(23,24)25)28-15-9-3-2-4-10-15;;/h2-14H,1H3,(H2,23,24,25);;/q;;+1/p-1.